The number of benzene rings is 3. The molecule has 12 heterocycles. The number of pyridine rings is 6. The second kappa shape index (κ2) is 42.4. The van der Waals surface area contributed by atoms with E-state index < -0.39 is 11.4 Å². The molecular formula is C70H62AlB3Br3Cl3N24O6. The van der Waals surface area contributed by atoms with E-state index in [0.717, 1.165) is 47.8 Å². The topological polar surface area (TPSA) is 480 Å². The molecule has 0 aliphatic heterocycles. The van der Waals surface area contributed by atoms with E-state index >= 15 is 0 Å². The smallest absolute Gasteiger partial charge is 0.567 e. The van der Waals surface area contributed by atoms with Crippen LogP contribution in [0.2, 0.25) is 0 Å². The van der Waals surface area contributed by atoms with E-state index in [-0.39, 0.29) is 15.8 Å². The number of hydrogen-bond donors (Lipinski definition) is 8. The van der Waals surface area contributed by atoms with Crippen LogP contribution in [-0.2, 0) is 0 Å². The summed E-state index contributed by atoms with van der Waals surface area (Å²) in [5, 5.41) is 97.1. The van der Waals surface area contributed by atoms with Crippen molar-refractivity contribution in [2.45, 2.75) is 0 Å². The molecule has 0 saturated carbocycles. The first-order chi connectivity index (χ1) is 53.1. The third kappa shape index (κ3) is 21.6. The molecule has 15 rings (SSSR count). The Morgan fingerprint density at radius 3 is 0.873 bits per heavy atom. The van der Waals surface area contributed by atoms with Crippen LogP contribution < -0.4 is 53.1 Å². The Kier molecular flexibility index (Phi) is 33.5. The summed E-state index contributed by atoms with van der Waals surface area (Å²) in [6.45, 7) is 0. The first kappa shape index (κ1) is 86.8. The van der Waals surface area contributed by atoms with Gasteiger partial charge in [0.05, 0.1) is 148 Å². The van der Waals surface area contributed by atoms with Gasteiger partial charge < -0.3 is 63.3 Å². The van der Waals surface area contributed by atoms with Gasteiger partial charge in [0.1, 0.15) is 70.9 Å². The van der Waals surface area contributed by atoms with E-state index in [9.17, 15) is 20.7 Å². The van der Waals surface area contributed by atoms with Gasteiger partial charge in [-0.3, -0.25) is 0 Å². The van der Waals surface area contributed by atoms with Crippen LogP contribution >= 0.6 is 77.9 Å². The Hall–Kier alpha value is -12.1. The molecule has 0 fully saturated rings. The summed E-state index contributed by atoms with van der Waals surface area (Å²) in [5.74, 6) is 2.27. The SMILES string of the molecule is CN.CN.CN.COc1cc(Br)c2c(C#N)cnn2c1.N#Cc1cnn2cc(O)cc(-c3ccc(N)cc3)c12.N#Cc1cnn2cc(O)cc(Br)c12.[2HH].[2HH].[2HH].[B]Oc1cc(-c2ccc(N)cc2)c2c(C#N)cnn2c1.[B]Oc1cc(-c2ccc(N)cc2)c2c(C#N)cnn2c1.[B]Oc1cc(Br)c2c(C#N)cnn2c1.[Cl][Al]([Cl])[Cl]. The predicted molar refractivity (Wildman–Crippen MR) is 441 cm³/mol. The summed E-state index contributed by atoms with van der Waals surface area (Å²) in [5.41, 5.74) is 44.8. The molecule has 0 aliphatic carbocycles. The highest BCUT2D eigenvalue weighted by Crippen LogP contribution is 2.35. The monoisotopic (exact) mass is 1740 g/mol. The average Bonchev–Trinajstić information content (AvgIpc) is 1.73. The van der Waals surface area contributed by atoms with Crippen LogP contribution in [0.15, 0.2) is 197 Å². The van der Waals surface area contributed by atoms with Crippen LogP contribution in [0.5, 0.6) is 34.5 Å². The number of nitrogens with zero attached hydrogens (tertiary/aromatic N) is 18. The highest BCUT2D eigenvalue weighted by Gasteiger charge is 2.18. The Morgan fingerprint density at radius 1 is 0.373 bits per heavy atom. The van der Waals surface area contributed by atoms with Crippen molar-refractivity contribution in [3.8, 4) is 104 Å². The highest BCUT2D eigenvalue weighted by molar-refractivity contribution is 9.11. The molecule has 40 heteroatoms. The van der Waals surface area contributed by atoms with Crippen molar-refractivity contribution in [2.75, 3.05) is 45.5 Å². The van der Waals surface area contributed by atoms with Crippen LogP contribution in [0.3, 0.4) is 0 Å². The van der Waals surface area contributed by atoms with Crippen LogP contribution in [0.25, 0.3) is 66.5 Å². The first-order valence-electron chi connectivity index (χ1n) is 30.8. The van der Waals surface area contributed by atoms with Gasteiger partial charge in [-0.25, -0.2) is 57.2 Å². The maximum absolute atomic E-state index is 9.74. The molecule has 0 spiro atoms. The molecule has 14 N–H and O–H groups in total. The van der Waals surface area contributed by atoms with Gasteiger partial charge in [0.25, 0.3) is 0 Å². The largest absolute Gasteiger partial charge is 0.643 e. The quantitative estimate of drug-likeness (QED) is 0.0542. The molecule has 0 atom stereocenters. The predicted octanol–water partition coefficient (Wildman–Crippen LogP) is 12.2. The van der Waals surface area contributed by atoms with E-state index in [2.05, 4.69) is 125 Å². The van der Waals surface area contributed by atoms with Crippen molar-refractivity contribution < 1.29 is 33.2 Å². The standard InChI is InChI=1S/2C14H9BN4O.C14H10N4O.C9H6BrN3O.C8H3BBrN3O.C8H4BrN3O.3CH5N.Al.3ClH.3H2/c2*15-20-12-5-13(9-1-3-11(17)4-2-9)14-10(6-16)7-18-19(14)8-12;15-6-10-7-17-18-8-12(19)5-13(14(10)18)9-1-3-11(16)4-2-9;1-14-7-2-8(10)9-6(3-11)4-12-13(9)5-7;9-14-6-1-7(10)8-5(2-11)3-12-13(8)4-6;9-7-1-6(13)4-12-8(7)5(2-10)3-11-12;3*1-2;;;;;;;/h2*1-5,7-8H,17H2;1-5,7-8,19H,16H2;2,4-5H,1H3;1,3-4H;1,3-4,13H;3*2H2,1H3;;6*1H/q;;;;;;;;;+3;;;;;;/p-3/i;;;;;;;;;;;;;3*1+1. The third-order valence-corrected chi connectivity index (χ3v) is 16.2. The number of anilines is 3. The number of aromatic nitrogens is 12. The molecule has 0 amide bonds. The zero-order chi connectivity index (χ0) is 80.9. The number of ether oxygens (including phenoxy) is 1. The van der Waals surface area contributed by atoms with Crippen LogP contribution in [-0.4, -0.2) is 132 Å². The molecular weight excluding hydrogens is 1680 g/mol. The molecule has 0 aliphatic rings. The Bertz CT molecular complexity index is 5710. The second-order valence-electron chi connectivity index (χ2n) is 20.8. The van der Waals surface area contributed by atoms with Gasteiger partial charge >= 0.3 is 35.5 Å². The number of nitriles is 6. The van der Waals surface area contributed by atoms with E-state index in [1.807, 2.05) is 48.5 Å². The van der Waals surface area contributed by atoms with Crippen molar-refractivity contribution in [1.82, 2.24) is 57.7 Å². The van der Waals surface area contributed by atoms with Crippen LogP contribution in [0, 0.1) is 68.0 Å². The molecule has 0 saturated heterocycles. The normalized spacial score (nSPS) is 9.74. The minimum atomic E-state index is -1.72. The van der Waals surface area contributed by atoms with E-state index in [1.165, 1.54) is 90.3 Å². The lowest BCUT2D eigenvalue weighted by Gasteiger charge is -2.09. The Morgan fingerprint density at radius 2 is 0.591 bits per heavy atom. The van der Waals surface area contributed by atoms with Crippen molar-refractivity contribution in [3.63, 3.8) is 0 Å². The number of methoxy groups -OCH3 is 1. The zero-order valence-corrected chi connectivity index (χ0v) is 66.1. The fraction of sp³-hybridized carbons (Fsp3) is 0.0571. The van der Waals surface area contributed by atoms with Gasteiger partial charge in [-0.1, -0.05) is 36.4 Å². The first-order valence-corrected chi connectivity index (χ1v) is 38.4. The van der Waals surface area contributed by atoms with Crippen molar-refractivity contribution >= 4 is 164 Å². The number of rotatable bonds is 7. The number of nitrogen functional groups attached to an aromatic ring is 3. The fourth-order valence-corrected chi connectivity index (χ4v) is 11.8. The fourth-order valence-electron chi connectivity index (χ4n) is 9.90. The number of hydrogen-bond acceptors (Lipinski definition) is 24. The molecule has 6 radical (unpaired) electrons. The lowest BCUT2D eigenvalue weighted by Crippen LogP contribution is -1.95. The van der Waals surface area contributed by atoms with Gasteiger partial charge in [0, 0.05) is 51.5 Å². The Labute approximate surface area is 678 Å². The molecule has 0 bridgehead atoms. The zero-order valence-electron chi connectivity index (χ0n) is 57.9. The molecule has 12 aromatic heterocycles. The molecule has 15 aromatic rings. The summed E-state index contributed by atoms with van der Waals surface area (Å²) in [4.78, 5) is 0. The lowest BCUT2D eigenvalue weighted by molar-refractivity contribution is 0.411. The summed E-state index contributed by atoms with van der Waals surface area (Å²) in [7, 11) is 36.4. The van der Waals surface area contributed by atoms with Crippen molar-refractivity contribution in [3.05, 3.63) is 230 Å². The number of fused-ring (bicyclic) bond motifs is 6. The van der Waals surface area contributed by atoms with Gasteiger partial charge in [0.15, 0.2) is 0 Å². The molecule has 552 valence electrons. The summed E-state index contributed by atoms with van der Waals surface area (Å²) in [6, 6.07) is 44.6. The minimum absolute atomic E-state index is 0. The average molecular weight is 1740 g/mol. The van der Waals surface area contributed by atoms with Crippen LogP contribution in [0.4, 0.5) is 17.1 Å². The van der Waals surface area contributed by atoms with Crippen molar-refractivity contribution in [1.29, 1.82) is 31.6 Å². The summed E-state index contributed by atoms with van der Waals surface area (Å²) >= 11 is 8.20. The molecule has 0 unspecified atom stereocenters. The van der Waals surface area contributed by atoms with Gasteiger partial charge in [0.2, 0.25) is 0 Å². The van der Waals surface area contributed by atoms with E-state index in [4.69, 9.17) is 107 Å². The number of nitrogens with two attached hydrogens (primary N) is 6. The van der Waals surface area contributed by atoms with Gasteiger partial charge in [-0.15, -0.1) is 0 Å². The summed E-state index contributed by atoms with van der Waals surface area (Å²) in [6.07, 6.45) is 18.5. The maximum Gasteiger partial charge on any atom is 0.643 e. The minimum Gasteiger partial charge on any atom is -0.567 e. The molecule has 3 aromatic carbocycles. The molecule has 30 nitrogen and oxygen atoms in total. The van der Waals surface area contributed by atoms with Crippen molar-refractivity contribution in [2.24, 2.45) is 17.2 Å². The second-order valence-corrected chi connectivity index (χ2v) is 29.8. The van der Waals surface area contributed by atoms with Gasteiger partial charge in [-0.2, -0.15) is 62.2 Å². The van der Waals surface area contributed by atoms with Gasteiger partial charge in [-0.05, 0) is 158 Å². The van der Waals surface area contributed by atoms with Crippen LogP contribution in [0.1, 0.15) is 37.7 Å². The third-order valence-electron chi connectivity index (χ3n) is 14.4. The molecule has 110 heavy (non-hydrogen) atoms. The Balaban J connectivity index is 0.000000343. The highest BCUT2D eigenvalue weighted by atomic mass is 79.9. The van der Waals surface area contributed by atoms with E-state index in [0.29, 0.717) is 105 Å². The lowest BCUT2D eigenvalue weighted by atomic mass is 10.0. The number of halogens is 6. The van der Waals surface area contributed by atoms with E-state index in [1.54, 1.807) is 112 Å². The number of aromatic hydroxyl groups is 2. The maximum atomic E-state index is 9.74. The summed E-state index contributed by atoms with van der Waals surface area (Å²) < 4.78 is 30.6.